The predicted molar refractivity (Wildman–Crippen MR) is 128 cm³/mol. The summed E-state index contributed by atoms with van der Waals surface area (Å²) in [6, 6.07) is 10.9. The van der Waals surface area contributed by atoms with Gasteiger partial charge in [0.1, 0.15) is 5.75 Å². The maximum atomic E-state index is 12.4. The average molecular weight is 503 g/mol. The molecule has 170 valence electrons. The predicted octanol–water partition coefficient (Wildman–Crippen LogP) is 3.45. The molecular weight excluding hydrogens is 476 g/mol. The first kappa shape index (κ1) is 25.1. The minimum atomic E-state index is -0.859. The number of nitrogens with zero attached hydrogens (tertiary/aromatic N) is 1. The zero-order valence-electron chi connectivity index (χ0n) is 18.3. The summed E-state index contributed by atoms with van der Waals surface area (Å²) >= 11 is 3.37. The van der Waals surface area contributed by atoms with Crippen LogP contribution in [-0.2, 0) is 14.4 Å². The zero-order valence-corrected chi connectivity index (χ0v) is 19.9. The molecule has 0 aromatic heterocycles. The summed E-state index contributed by atoms with van der Waals surface area (Å²) in [6.07, 6.45) is 3.05. The van der Waals surface area contributed by atoms with Gasteiger partial charge in [0.2, 0.25) is 0 Å². The Balaban J connectivity index is 1.97. The third-order valence-electron chi connectivity index (χ3n) is 4.47. The first-order valence-electron chi connectivity index (χ1n) is 10.2. The van der Waals surface area contributed by atoms with Gasteiger partial charge in [0.25, 0.3) is 5.91 Å². The van der Waals surface area contributed by atoms with Gasteiger partial charge >= 0.3 is 11.8 Å². The van der Waals surface area contributed by atoms with Crippen molar-refractivity contribution in [3.05, 3.63) is 57.6 Å². The third kappa shape index (κ3) is 7.81. The van der Waals surface area contributed by atoms with Gasteiger partial charge in [-0.25, -0.2) is 5.43 Å². The molecule has 2 aromatic rings. The lowest BCUT2D eigenvalue weighted by atomic mass is 10.1. The lowest BCUT2D eigenvalue weighted by Gasteiger charge is -2.13. The van der Waals surface area contributed by atoms with Crippen LogP contribution in [0, 0.1) is 13.8 Å². The van der Waals surface area contributed by atoms with E-state index in [1.807, 2.05) is 39.0 Å². The van der Waals surface area contributed by atoms with Gasteiger partial charge < -0.3 is 15.4 Å². The van der Waals surface area contributed by atoms with E-state index in [-0.39, 0.29) is 12.5 Å². The summed E-state index contributed by atoms with van der Waals surface area (Å²) in [5.41, 5.74) is 5.39. The van der Waals surface area contributed by atoms with E-state index in [0.29, 0.717) is 17.9 Å². The molecule has 32 heavy (non-hydrogen) atoms. The molecule has 0 fully saturated rings. The second kappa shape index (κ2) is 12.6. The van der Waals surface area contributed by atoms with Crippen molar-refractivity contribution in [3.63, 3.8) is 0 Å². The van der Waals surface area contributed by atoms with Crippen molar-refractivity contribution < 1.29 is 19.1 Å². The summed E-state index contributed by atoms with van der Waals surface area (Å²) in [4.78, 5) is 35.8. The lowest BCUT2D eigenvalue weighted by Crippen LogP contribution is -2.38. The molecule has 0 unspecified atom stereocenters. The van der Waals surface area contributed by atoms with Crippen LogP contribution < -0.4 is 20.8 Å². The number of benzene rings is 2. The van der Waals surface area contributed by atoms with E-state index in [9.17, 15) is 14.4 Å². The number of hydrogen-bond donors (Lipinski definition) is 3. The fraction of sp³-hybridized carbons (Fsp3) is 0.304. The number of carbonyl (C=O) groups is 3. The molecule has 3 N–H and O–H groups in total. The fourth-order valence-electron chi connectivity index (χ4n) is 2.75. The van der Waals surface area contributed by atoms with Crippen molar-refractivity contribution in [2.75, 3.05) is 18.5 Å². The van der Waals surface area contributed by atoms with E-state index in [4.69, 9.17) is 4.74 Å². The van der Waals surface area contributed by atoms with Crippen LogP contribution in [0.2, 0.25) is 0 Å². The van der Waals surface area contributed by atoms with Gasteiger partial charge in [-0.2, -0.15) is 5.10 Å². The van der Waals surface area contributed by atoms with E-state index in [1.54, 1.807) is 18.2 Å². The van der Waals surface area contributed by atoms with E-state index in [1.165, 1.54) is 6.21 Å². The Bertz CT molecular complexity index is 987. The number of aryl methyl sites for hydroxylation is 2. The zero-order chi connectivity index (χ0) is 23.5. The molecule has 0 saturated heterocycles. The van der Waals surface area contributed by atoms with Gasteiger partial charge in [0.15, 0.2) is 6.61 Å². The maximum absolute atomic E-state index is 12.4. The summed E-state index contributed by atoms with van der Waals surface area (Å²) in [5.74, 6) is -1.51. The van der Waals surface area contributed by atoms with Crippen molar-refractivity contribution >= 4 is 45.6 Å². The molecule has 0 bridgehead atoms. The van der Waals surface area contributed by atoms with E-state index in [0.717, 1.165) is 34.1 Å². The molecule has 8 nitrogen and oxygen atoms in total. The van der Waals surface area contributed by atoms with Crippen LogP contribution in [0.3, 0.4) is 0 Å². The highest BCUT2D eigenvalue weighted by Gasteiger charge is 2.12. The molecule has 9 heteroatoms. The van der Waals surface area contributed by atoms with Crippen molar-refractivity contribution in [2.45, 2.75) is 33.6 Å². The normalized spacial score (nSPS) is 10.6. The third-order valence-corrected chi connectivity index (χ3v) is 4.96. The summed E-state index contributed by atoms with van der Waals surface area (Å²) in [6.45, 7) is 6.06. The Hall–Kier alpha value is -3.20. The van der Waals surface area contributed by atoms with Gasteiger partial charge in [-0.3, -0.25) is 14.4 Å². The molecule has 0 atom stereocenters. The van der Waals surface area contributed by atoms with Gasteiger partial charge in [0.05, 0.1) is 6.21 Å². The second-order valence-electron chi connectivity index (χ2n) is 7.09. The van der Waals surface area contributed by atoms with Crippen molar-refractivity contribution in [2.24, 2.45) is 5.10 Å². The topological polar surface area (TPSA) is 109 Å². The van der Waals surface area contributed by atoms with Crippen LogP contribution in [0.15, 0.2) is 46.0 Å². The fourth-order valence-corrected chi connectivity index (χ4v) is 3.13. The molecule has 0 spiro atoms. The monoisotopic (exact) mass is 502 g/mol. The SMILES string of the molecule is CCCCNC(=O)C(=O)N/N=C\c1cc(Br)ccc1OCC(=O)Nc1c(C)cccc1C. The highest BCUT2D eigenvalue weighted by atomic mass is 79.9. The Morgan fingerprint density at radius 3 is 2.50 bits per heavy atom. The number of hydrazone groups is 1. The van der Waals surface area contributed by atoms with Crippen LogP contribution in [0.1, 0.15) is 36.5 Å². The first-order valence-corrected chi connectivity index (χ1v) is 11.0. The van der Waals surface area contributed by atoms with Gasteiger partial charge in [-0.15, -0.1) is 0 Å². The maximum Gasteiger partial charge on any atom is 0.329 e. The Kier molecular flexibility index (Phi) is 9.87. The number of amides is 3. The first-order chi connectivity index (χ1) is 15.3. The molecule has 0 radical (unpaired) electrons. The molecule has 0 heterocycles. The minimum absolute atomic E-state index is 0.206. The van der Waals surface area contributed by atoms with Gasteiger partial charge in [-0.1, -0.05) is 47.5 Å². The van der Waals surface area contributed by atoms with Crippen molar-refractivity contribution in [1.82, 2.24) is 10.7 Å². The Labute approximate surface area is 195 Å². The minimum Gasteiger partial charge on any atom is -0.483 e. The second-order valence-corrected chi connectivity index (χ2v) is 8.01. The number of para-hydroxylation sites is 1. The summed E-state index contributed by atoms with van der Waals surface area (Å²) < 4.78 is 6.42. The summed E-state index contributed by atoms with van der Waals surface area (Å²) in [5, 5.41) is 9.20. The smallest absolute Gasteiger partial charge is 0.329 e. The highest BCUT2D eigenvalue weighted by Crippen LogP contribution is 2.22. The quantitative estimate of drug-likeness (QED) is 0.211. The van der Waals surface area contributed by atoms with Crippen molar-refractivity contribution in [1.29, 1.82) is 0 Å². The number of unbranched alkanes of at least 4 members (excludes halogenated alkanes) is 1. The summed E-state index contributed by atoms with van der Waals surface area (Å²) in [7, 11) is 0. The molecule has 0 saturated carbocycles. The lowest BCUT2D eigenvalue weighted by molar-refractivity contribution is -0.139. The molecule has 0 aliphatic heterocycles. The van der Waals surface area contributed by atoms with E-state index < -0.39 is 11.8 Å². The highest BCUT2D eigenvalue weighted by molar-refractivity contribution is 9.10. The Morgan fingerprint density at radius 1 is 1.09 bits per heavy atom. The number of hydrogen-bond acceptors (Lipinski definition) is 5. The van der Waals surface area contributed by atoms with Crippen LogP contribution in [-0.4, -0.2) is 37.1 Å². The van der Waals surface area contributed by atoms with Gasteiger partial charge in [-0.05, 0) is 49.6 Å². The molecule has 2 rings (SSSR count). The molecule has 0 aliphatic carbocycles. The van der Waals surface area contributed by atoms with E-state index in [2.05, 4.69) is 37.1 Å². The number of rotatable bonds is 9. The number of nitrogens with one attached hydrogen (secondary N) is 3. The largest absolute Gasteiger partial charge is 0.483 e. The van der Waals surface area contributed by atoms with Crippen LogP contribution in [0.5, 0.6) is 5.75 Å². The van der Waals surface area contributed by atoms with Crippen molar-refractivity contribution in [3.8, 4) is 5.75 Å². The average Bonchev–Trinajstić information content (AvgIpc) is 2.75. The molecule has 3 amide bonds. The number of halogens is 1. The van der Waals surface area contributed by atoms with Crippen LogP contribution >= 0.6 is 15.9 Å². The van der Waals surface area contributed by atoms with Crippen LogP contribution in [0.25, 0.3) is 0 Å². The standard InChI is InChI=1S/C23H27BrN4O4/c1-4-5-11-25-22(30)23(31)28-26-13-17-12-18(24)9-10-19(17)32-14-20(29)27-21-15(2)7-6-8-16(21)3/h6-10,12-13H,4-5,11,14H2,1-3H3,(H,25,30)(H,27,29)(H,28,31)/b26-13-. The number of anilines is 1. The van der Waals surface area contributed by atoms with Crippen LogP contribution in [0.4, 0.5) is 5.69 Å². The van der Waals surface area contributed by atoms with E-state index >= 15 is 0 Å². The molecule has 2 aromatic carbocycles. The molecular formula is C23H27BrN4O4. The molecule has 0 aliphatic rings. The van der Waals surface area contributed by atoms with Gasteiger partial charge in [0, 0.05) is 22.3 Å². The number of carbonyl (C=O) groups excluding carboxylic acids is 3. The Morgan fingerprint density at radius 2 is 1.81 bits per heavy atom. The number of ether oxygens (including phenoxy) is 1.